The molecule has 0 unspecified atom stereocenters. The SMILES string of the molecule is C1=CCCC(c2cc(N(C3=c4ccccc4=CCC3)c3ccc(-c4ccccc4)cc3)ccc2-c2ccc3c(c2)c2ccccc2n3-c2ccccc2)=C1. The van der Waals surface area contributed by atoms with E-state index >= 15 is 0 Å². The predicted octanol–water partition coefficient (Wildman–Crippen LogP) is 12.4. The second-order valence-corrected chi connectivity index (χ2v) is 14.3. The van der Waals surface area contributed by atoms with Crippen LogP contribution in [0.5, 0.6) is 0 Å². The van der Waals surface area contributed by atoms with E-state index in [9.17, 15) is 0 Å². The smallest absolute Gasteiger partial charge is 0.0541 e. The molecular formula is C52H40N2. The number of rotatable bonds is 7. The van der Waals surface area contributed by atoms with Crippen LogP contribution < -0.4 is 15.3 Å². The molecular weight excluding hydrogens is 653 g/mol. The summed E-state index contributed by atoms with van der Waals surface area (Å²) in [6.07, 6.45) is 13.3. The highest BCUT2D eigenvalue weighted by Crippen LogP contribution is 2.42. The van der Waals surface area contributed by atoms with Crippen LogP contribution in [-0.2, 0) is 0 Å². The van der Waals surface area contributed by atoms with Crippen LogP contribution in [0.25, 0.3) is 67.1 Å². The summed E-state index contributed by atoms with van der Waals surface area (Å²) in [5.74, 6) is 0. The Balaban J connectivity index is 1.17. The first kappa shape index (κ1) is 32.0. The second kappa shape index (κ2) is 13.7. The number of allylic oxidation sites excluding steroid dienone is 4. The van der Waals surface area contributed by atoms with E-state index in [-0.39, 0.29) is 0 Å². The van der Waals surface area contributed by atoms with E-state index in [1.165, 1.54) is 88.4 Å². The van der Waals surface area contributed by atoms with Crippen LogP contribution in [-0.4, -0.2) is 4.57 Å². The zero-order chi connectivity index (χ0) is 35.8. The maximum atomic E-state index is 2.52. The lowest BCUT2D eigenvalue weighted by molar-refractivity contribution is 1.02. The van der Waals surface area contributed by atoms with E-state index in [1.54, 1.807) is 0 Å². The summed E-state index contributed by atoms with van der Waals surface area (Å²) in [4.78, 5) is 2.52. The van der Waals surface area contributed by atoms with Gasteiger partial charge in [-0.15, -0.1) is 0 Å². The van der Waals surface area contributed by atoms with Crippen molar-refractivity contribution < 1.29 is 0 Å². The van der Waals surface area contributed by atoms with Gasteiger partial charge in [0.05, 0.1) is 11.0 Å². The molecule has 2 aliphatic rings. The molecule has 0 bridgehead atoms. The Labute approximate surface area is 316 Å². The third-order valence-electron chi connectivity index (χ3n) is 11.1. The molecule has 10 rings (SSSR count). The van der Waals surface area contributed by atoms with Crippen molar-refractivity contribution in [2.45, 2.75) is 25.7 Å². The number of fused-ring (bicyclic) bond motifs is 4. The summed E-state index contributed by atoms with van der Waals surface area (Å²) in [5, 5.41) is 5.15. The molecule has 0 aliphatic heterocycles. The van der Waals surface area contributed by atoms with Crippen molar-refractivity contribution in [1.82, 2.24) is 4.57 Å². The van der Waals surface area contributed by atoms with Crippen LogP contribution in [0.4, 0.5) is 11.4 Å². The minimum absolute atomic E-state index is 0.974. The number of anilines is 2. The molecule has 0 saturated heterocycles. The van der Waals surface area contributed by atoms with E-state index in [4.69, 9.17) is 0 Å². The van der Waals surface area contributed by atoms with E-state index < -0.39 is 0 Å². The number of benzene rings is 7. The number of nitrogens with zero attached hydrogens (tertiary/aromatic N) is 2. The van der Waals surface area contributed by atoms with Gasteiger partial charge in [0.2, 0.25) is 0 Å². The molecule has 2 nitrogen and oxygen atoms in total. The van der Waals surface area contributed by atoms with E-state index in [2.05, 4.69) is 204 Å². The minimum atomic E-state index is 0.974. The normalized spacial score (nSPS) is 13.8. The zero-order valence-corrected chi connectivity index (χ0v) is 30.2. The van der Waals surface area contributed by atoms with E-state index in [0.29, 0.717) is 0 Å². The van der Waals surface area contributed by atoms with Crippen LogP contribution in [0.15, 0.2) is 188 Å². The molecule has 2 heteroatoms. The van der Waals surface area contributed by atoms with Gasteiger partial charge in [-0.1, -0.05) is 140 Å². The number of aromatic nitrogens is 1. The van der Waals surface area contributed by atoms with Crippen LogP contribution in [0.2, 0.25) is 0 Å². The molecule has 1 aromatic heterocycles. The third kappa shape index (κ3) is 5.68. The molecule has 0 atom stereocenters. The molecule has 258 valence electrons. The summed E-state index contributed by atoms with van der Waals surface area (Å²) in [6.45, 7) is 0. The molecule has 0 spiro atoms. The molecule has 54 heavy (non-hydrogen) atoms. The Morgan fingerprint density at radius 1 is 0.481 bits per heavy atom. The first-order valence-corrected chi connectivity index (χ1v) is 19.1. The fraction of sp³-hybridized carbons (Fsp3) is 0.0769. The molecule has 1 heterocycles. The van der Waals surface area contributed by atoms with Crippen molar-refractivity contribution in [3.63, 3.8) is 0 Å². The quantitative estimate of drug-likeness (QED) is 0.161. The molecule has 0 saturated carbocycles. The zero-order valence-electron chi connectivity index (χ0n) is 30.2. The summed E-state index contributed by atoms with van der Waals surface area (Å²) < 4.78 is 2.39. The third-order valence-corrected chi connectivity index (χ3v) is 11.1. The van der Waals surface area contributed by atoms with Crippen molar-refractivity contribution in [2.75, 3.05) is 4.90 Å². The lowest BCUT2D eigenvalue weighted by Gasteiger charge is -2.31. The van der Waals surface area contributed by atoms with Crippen LogP contribution in [0.3, 0.4) is 0 Å². The van der Waals surface area contributed by atoms with Gasteiger partial charge in [0.25, 0.3) is 0 Å². The molecule has 0 fully saturated rings. The van der Waals surface area contributed by atoms with Gasteiger partial charge < -0.3 is 9.47 Å². The maximum Gasteiger partial charge on any atom is 0.0541 e. The van der Waals surface area contributed by atoms with Gasteiger partial charge in [-0.05, 0) is 119 Å². The van der Waals surface area contributed by atoms with Crippen LogP contribution in [0.1, 0.15) is 31.2 Å². The van der Waals surface area contributed by atoms with E-state index in [1.807, 2.05) is 0 Å². The summed E-state index contributed by atoms with van der Waals surface area (Å²) >= 11 is 0. The van der Waals surface area contributed by atoms with Crippen molar-refractivity contribution in [3.05, 3.63) is 204 Å². The second-order valence-electron chi connectivity index (χ2n) is 14.3. The highest BCUT2D eigenvalue weighted by atomic mass is 15.1. The fourth-order valence-electron chi connectivity index (χ4n) is 8.57. The van der Waals surface area contributed by atoms with Gasteiger partial charge in [-0.25, -0.2) is 0 Å². The number of para-hydroxylation sites is 2. The Morgan fingerprint density at radius 2 is 1.19 bits per heavy atom. The number of hydrogen-bond donors (Lipinski definition) is 0. The highest BCUT2D eigenvalue weighted by Gasteiger charge is 2.22. The average Bonchev–Trinajstić information content (AvgIpc) is 3.59. The lowest BCUT2D eigenvalue weighted by atomic mass is 9.89. The number of hydrogen-bond acceptors (Lipinski definition) is 1. The van der Waals surface area contributed by atoms with E-state index in [0.717, 1.165) is 25.7 Å². The monoisotopic (exact) mass is 692 g/mol. The predicted molar refractivity (Wildman–Crippen MR) is 229 cm³/mol. The maximum absolute atomic E-state index is 2.52. The first-order valence-electron chi connectivity index (χ1n) is 19.1. The summed E-state index contributed by atoms with van der Waals surface area (Å²) in [6, 6.07) is 62.4. The largest absolute Gasteiger partial charge is 0.314 e. The average molecular weight is 693 g/mol. The van der Waals surface area contributed by atoms with Crippen molar-refractivity contribution in [3.8, 4) is 27.9 Å². The topological polar surface area (TPSA) is 8.17 Å². The summed E-state index contributed by atoms with van der Waals surface area (Å²) in [7, 11) is 0. The lowest BCUT2D eigenvalue weighted by Crippen LogP contribution is -2.35. The Kier molecular flexibility index (Phi) is 8.15. The van der Waals surface area contributed by atoms with Gasteiger partial charge in [-0.2, -0.15) is 0 Å². The molecule has 0 N–H and O–H groups in total. The van der Waals surface area contributed by atoms with Crippen molar-refractivity contribution >= 4 is 50.5 Å². The Morgan fingerprint density at radius 3 is 2.02 bits per heavy atom. The molecule has 7 aromatic carbocycles. The van der Waals surface area contributed by atoms with Gasteiger partial charge >= 0.3 is 0 Å². The van der Waals surface area contributed by atoms with Gasteiger partial charge in [0, 0.05) is 38.8 Å². The van der Waals surface area contributed by atoms with Crippen LogP contribution >= 0.6 is 0 Å². The minimum Gasteiger partial charge on any atom is -0.314 e. The standard InChI is InChI=1S/C52H40N2/c1-4-15-37(16-5-1)38-27-30-43(31-28-38)53(50-26-14-20-39-19-10-11-23-46(39)50)44-32-33-45(48(36-44)40-17-6-2-7-18-40)41-29-34-52-49(35-41)47-24-12-13-25-51(47)54(52)42-21-8-3-9-22-42/h1-6,8-13,15-17,19-25,27-36H,7,14,18,26H2. The van der Waals surface area contributed by atoms with Gasteiger partial charge in [0.15, 0.2) is 0 Å². The Bertz CT molecular complexity index is 2860. The fourth-order valence-corrected chi connectivity index (χ4v) is 8.57. The first-order chi connectivity index (χ1) is 26.8. The van der Waals surface area contributed by atoms with Crippen LogP contribution in [0, 0.1) is 0 Å². The van der Waals surface area contributed by atoms with Crippen molar-refractivity contribution in [2.24, 2.45) is 0 Å². The Hall–Kier alpha value is -6.64. The van der Waals surface area contributed by atoms with Crippen molar-refractivity contribution in [1.29, 1.82) is 0 Å². The molecule has 0 radical (unpaired) electrons. The van der Waals surface area contributed by atoms with Gasteiger partial charge in [0.1, 0.15) is 0 Å². The molecule has 0 amide bonds. The highest BCUT2D eigenvalue weighted by molar-refractivity contribution is 6.10. The molecule has 8 aromatic rings. The molecule has 2 aliphatic carbocycles. The van der Waals surface area contributed by atoms with Gasteiger partial charge in [-0.3, -0.25) is 0 Å². The summed E-state index contributed by atoms with van der Waals surface area (Å²) in [5.41, 5.74) is 14.9.